The zero-order valence-corrected chi connectivity index (χ0v) is 13.1. The van der Waals surface area contributed by atoms with Gasteiger partial charge in [0.25, 0.3) is 0 Å². The number of halogens is 2. The minimum Gasteiger partial charge on any atom is -0.402 e. The lowest BCUT2D eigenvalue weighted by Gasteiger charge is -1.98. The van der Waals surface area contributed by atoms with Crippen LogP contribution >= 0.6 is 27.5 Å². The van der Waals surface area contributed by atoms with Gasteiger partial charge in [0.05, 0.1) is 0 Å². The number of hydrogen-bond donors (Lipinski definition) is 0. The highest BCUT2D eigenvalue weighted by Crippen LogP contribution is 2.22. The summed E-state index contributed by atoms with van der Waals surface area (Å²) in [5.41, 5.74) is 1.81. The molecule has 0 saturated carbocycles. The van der Waals surface area contributed by atoms with Gasteiger partial charge in [-0.2, -0.15) is 0 Å². The Hall–Kier alpha value is -1.91. The molecule has 1 heterocycles. The van der Waals surface area contributed by atoms with Gasteiger partial charge in [-0.05, 0) is 42.0 Å². The van der Waals surface area contributed by atoms with Gasteiger partial charge < -0.3 is 4.74 Å². The fourth-order valence-corrected chi connectivity index (χ4v) is 2.52. The number of hydrogen-bond acceptors (Lipinski definition) is 3. The lowest BCUT2D eigenvalue weighted by Crippen LogP contribution is -2.05. The summed E-state index contributed by atoms with van der Waals surface area (Å²) in [4.78, 5) is 16.1. The Morgan fingerprint density at radius 3 is 2.71 bits per heavy atom. The number of ether oxygens (including phenoxy) is 1. The van der Waals surface area contributed by atoms with Crippen LogP contribution in [0.1, 0.15) is 11.1 Å². The van der Waals surface area contributed by atoms with Crippen molar-refractivity contribution in [3.63, 3.8) is 0 Å². The number of cyclic esters (lactones) is 1. The molecule has 0 amide bonds. The first kappa shape index (κ1) is 14.0. The molecular formula is C16H9BrClNO2. The summed E-state index contributed by atoms with van der Waals surface area (Å²) in [5.74, 6) is -0.200. The number of aliphatic imine (C=N–C) groups is 1. The van der Waals surface area contributed by atoms with E-state index in [1.165, 1.54) is 0 Å². The number of carbonyl (C=O) groups is 1. The van der Waals surface area contributed by atoms with Crippen LogP contribution in [-0.2, 0) is 9.53 Å². The third-order valence-corrected chi connectivity index (χ3v) is 3.57. The van der Waals surface area contributed by atoms with E-state index in [0.29, 0.717) is 10.6 Å². The summed E-state index contributed by atoms with van der Waals surface area (Å²) in [6.45, 7) is 0. The normalized spacial score (nSPS) is 16.0. The van der Waals surface area contributed by atoms with Crippen LogP contribution in [0.3, 0.4) is 0 Å². The fourth-order valence-electron chi connectivity index (χ4n) is 1.91. The van der Waals surface area contributed by atoms with Crippen molar-refractivity contribution in [3.8, 4) is 0 Å². The maximum atomic E-state index is 11.9. The molecular weight excluding hydrogens is 354 g/mol. The van der Waals surface area contributed by atoms with Crippen molar-refractivity contribution < 1.29 is 9.53 Å². The summed E-state index contributed by atoms with van der Waals surface area (Å²) < 4.78 is 6.12. The van der Waals surface area contributed by atoms with E-state index in [9.17, 15) is 4.79 Å². The molecule has 0 atom stereocenters. The van der Waals surface area contributed by atoms with E-state index >= 15 is 0 Å². The number of esters is 1. The van der Waals surface area contributed by atoms with Crippen LogP contribution in [-0.4, -0.2) is 11.9 Å². The highest BCUT2D eigenvalue weighted by Gasteiger charge is 2.24. The van der Waals surface area contributed by atoms with Crippen LogP contribution < -0.4 is 0 Å². The highest BCUT2D eigenvalue weighted by molar-refractivity contribution is 9.10. The second-order valence-electron chi connectivity index (χ2n) is 4.40. The van der Waals surface area contributed by atoms with E-state index in [1.807, 2.05) is 24.3 Å². The van der Waals surface area contributed by atoms with Crippen molar-refractivity contribution in [1.29, 1.82) is 0 Å². The number of carbonyl (C=O) groups excluding carboxylic acids is 1. The minimum absolute atomic E-state index is 0.267. The molecule has 0 aromatic heterocycles. The molecule has 3 rings (SSSR count). The van der Waals surface area contributed by atoms with Gasteiger partial charge in [0, 0.05) is 15.1 Å². The largest absolute Gasteiger partial charge is 0.402 e. The molecule has 0 N–H and O–H groups in total. The van der Waals surface area contributed by atoms with Crippen molar-refractivity contribution in [2.24, 2.45) is 4.99 Å². The van der Waals surface area contributed by atoms with Crippen LogP contribution in [0, 0.1) is 0 Å². The molecule has 1 aliphatic rings. The Kier molecular flexibility index (Phi) is 3.90. The Morgan fingerprint density at radius 1 is 1.14 bits per heavy atom. The lowest BCUT2D eigenvalue weighted by molar-refractivity contribution is -0.129. The van der Waals surface area contributed by atoms with Crippen LogP contribution in [0.4, 0.5) is 0 Å². The van der Waals surface area contributed by atoms with Crippen molar-refractivity contribution in [1.82, 2.24) is 0 Å². The van der Waals surface area contributed by atoms with Gasteiger partial charge in [-0.25, -0.2) is 9.79 Å². The van der Waals surface area contributed by atoms with Gasteiger partial charge in [-0.15, -0.1) is 0 Å². The molecule has 5 heteroatoms. The summed E-state index contributed by atoms with van der Waals surface area (Å²) in [7, 11) is 0. The second-order valence-corrected chi connectivity index (χ2v) is 5.75. The quantitative estimate of drug-likeness (QED) is 0.585. The SMILES string of the molecule is O=C1OC(c2cccc(Cl)c2)=N/C1=C/c1cccc(Br)c1. The highest BCUT2D eigenvalue weighted by atomic mass is 79.9. The van der Waals surface area contributed by atoms with Crippen molar-refractivity contribution >= 4 is 45.5 Å². The number of nitrogens with zero attached hydrogens (tertiary/aromatic N) is 1. The molecule has 104 valence electrons. The molecule has 0 aliphatic carbocycles. The van der Waals surface area contributed by atoms with Gasteiger partial charge in [0.1, 0.15) is 0 Å². The van der Waals surface area contributed by atoms with Gasteiger partial charge >= 0.3 is 5.97 Å². The van der Waals surface area contributed by atoms with Gasteiger partial charge in [-0.1, -0.05) is 45.7 Å². The Balaban J connectivity index is 1.95. The summed E-state index contributed by atoms with van der Waals surface area (Å²) >= 11 is 9.32. The lowest BCUT2D eigenvalue weighted by atomic mass is 10.2. The molecule has 2 aromatic rings. The minimum atomic E-state index is -0.468. The first-order valence-corrected chi connectivity index (χ1v) is 7.33. The summed E-state index contributed by atoms with van der Waals surface area (Å²) in [6.07, 6.45) is 1.69. The van der Waals surface area contributed by atoms with Gasteiger partial charge in [-0.3, -0.25) is 0 Å². The predicted octanol–water partition coefficient (Wildman–Crippen LogP) is 4.45. The van der Waals surface area contributed by atoms with Crippen molar-refractivity contribution in [3.05, 3.63) is 74.9 Å². The number of rotatable bonds is 2. The van der Waals surface area contributed by atoms with Crippen LogP contribution in [0.15, 0.2) is 63.7 Å². The smallest absolute Gasteiger partial charge is 0.363 e. The molecule has 3 nitrogen and oxygen atoms in total. The van der Waals surface area contributed by atoms with Crippen molar-refractivity contribution in [2.75, 3.05) is 0 Å². The van der Waals surface area contributed by atoms with Gasteiger partial charge in [0.15, 0.2) is 5.70 Å². The summed E-state index contributed by atoms with van der Waals surface area (Å²) in [5, 5.41) is 0.565. The average Bonchev–Trinajstić information content (AvgIpc) is 2.80. The molecule has 0 bridgehead atoms. The maximum absolute atomic E-state index is 11.9. The third kappa shape index (κ3) is 3.23. The fraction of sp³-hybridized carbons (Fsp3) is 0. The molecule has 2 aromatic carbocycles. The Morgan fingerprint density at radius 2 is 1.95 bits per heavy atom. The molecule has 0 radical (unpaired) electrons. The number of benzene rings is 2. The van der Waals surface area contributed by atoms with Gasteiger partial charge in [0.2, 0.25) is 5.90 Å². The average molecular weight is 363 g/mol. The molecule has 0 fully saturated rings. The monoisotopic (exact) mass is 361 g/mol. The molecule has 0 unspecified atom stereocenters. The molecule has 0 spiro atoms. The first-order chi connectivity index (χ1) is 10.1. The van der Waals surface area contributed by atoms with E-state index in [-0.39, 0.29) is 11.6 Å². The standard InChI is InChI=1S/C16H9BrClNO2/c17-12-5-1-3-10(7-12)8-14-16(20)21-15(19-14)11-4-2-6-13(18)9-11/h1-9H/b14-8+. The Labute approximate surface area is 135 Å². The van der Waals surface area contributed by atoms with Crippen LogP contribution in [0.2, 0.25) is 5.02 Å². The molecule has 1 aliphatic heterocycles. The topological polar surface area (TPSA) is 38.7 Å². The van der Waals surface area contributed by atoms with Crippen LogP contribution in [0.25, 0.3) is 6.08 Å². The first-order valence-electron chi connectivity index (χ1n) is 6.16. The Bertz CT molecular complexity index is 783. The van der Waals surface area contributed by atoms with E-state index in [0.717, 1.165) is 10.0 Å². The van der Waals surface area contributed by atoms with Crippen LogP contribution in [0.5, 0.6) is 0 Å². The summed E-state index contributed by atoms with van der Waals surface area (Å²) in [6, 6.07) is 14.6. The van der Waals surface area contributed by atoms with E-state index in [2.05, 4.69) is 20.9 Å². The van der Waals surface area contributed by atoms with Crippen molar-refractivity contribution in [2.45, 2.75) is 0 Å². The predicted molar refractivity (Wildman–Crippen MR) is 86.2 cm³/mol. The maximum Gasteiger partial charge on any atom is 0.363 e. The molecule has 0 saturated heterocycles. The zero-order valence-electron chi connectivity index (χ0n) is 10.7. The second kappa shape index (κ2) is 5.84. The van der Waals surface area contributed by atoms with E-state index in [4.69, 9.17) is 16.3 Å². The van der Waals surface area contributed by atoms with E-state index in [1.54, 1.807) is 30.3 Å². The molecule has 21 heavy (non-hydrogen) atoms. The van der Waals surface area contributed by atoms with E-state index < -0.39 is 5.97 Å². The third-order valence-electron chi connectivity index (χ3n) is 2.84. The zero-order chi connectivity index (χ0) is 14.8.